The molecule has 0 aliphatic carbocycles. The van der Waals surface area contributed by atoms with E-state index in [1.54, 1.807) is 48.5 Å². The van der Waals surface area contributed by atoms with Crippen LogP contribution >= 0.6 is 12.2 Å². The average Bonchev–Trinajstić information content (AvgIpc) is 2.79. The van der Waals surface area contributed by atoms with E-state index in [2.05, 4.69) is 23.1 Å². The summed E-state index contributed by atoms with van der Waals surface area (Å²) in [7, 11) is 1.51. The number of rotatable bonds is 10. The predicted octanol–water partition coefficient (Wildman–Crippen LogP) is 2.98. The van der Waals surface area contributed by atoms with E-state index in [9.17, 15) is 9.59 Å². The summed E-state index contributed by atoms with van der Waals surface area (Å²) in [6.07, 6.45) is 3.05. The number of carbonyl (C=O) groups is 2. The fourth-order valence-corrected chi connectivity index (χ4v) is 2.70. The maximum Gasteiger partial charge on any atom is 0.276 e. The highest BCUT2D eigenvalue weighted by Gasteiger charge is 2.14. The lowest BCUT2D eigenvalue weighted by atomic mass is 10.2. The van der Waals surface area contributed by atoms with Gasteiger partial charge in [0.25, 0.3) is 11.8 Å². The van der Waals surface area contributed by atoms with E-state index in [4.69, 9.17) is 26.4 Å². The van der Waals surface area contributed by atoms with Gasteiger partial charge in [0.05, 0.1) is 19.3 Å². The summed E-state index contributed by atoms with van der Waals surface area (Å²) in [5.74, 6) is 0.506. The molecule has 3 N–H and O–H groups in total. The Balaban J connectivity index is 1.79. The van der Waals surface area contributed by atoms with Gasteiger partial charge in [-0.3, -0.25) is 25.8 Å². The zero-order valence-electron chi connectivity index (χ0n) is 17.6. The average molecular weight is 446 g/mol. The van der Waals surface area contributed by atoms with E-state index in [0.717, 1.165) is 19.3 Å². The molecule has 0 spiro atoms. The molecule has 0 radical (unpaired) electrons. The van der Waals surface area contributed by atoms with Gasteiger partial charge in [0.1, 0.15) is 5.75 Å². The fourth-order valence-electron chi connectivity index (χ4n) is 2.56. The molecule has 0 aromatic heterocycles. The molecule has 31 heavy (non-hydrogen) atoms. The predicted molar refractivity (Wildman–Crippen MR) is 121 cm³/mol. The third kappa shape index (κ3) is 8.13. The molecule has 9 heteroatoms. The summed E-state index contributed by atoms with van der Waals surface area (Å²) in [5.41, 5.74) is 5.20. The Morgan fingerprint density at radius 1 is 0.903 bits per heavy atom. The van der Waals surface area contributed by atoms with Gasteiger partial charge in [-0.2, -0.15) is 0 Å². The summed E-state index contributed by atoms with van der Waals surface area (Å²) in [6, 6.07) is 13.9. The van der Waals surface area contributed by atoms with Gasteiger partial charge in [-0.05, 0) is 42.9 Å². The van der Waals surface area contributed by atoms with Crippen LogP contribution in [0, 0.1) is 0 Å². The molecule has 2 amide bonds. The smallest absolute Gasteiger partial charge is 0.276 e. The zero-order chi connectivity index (χ0) is 22.5. The lowest BCUT2D eigenvalue weighted by molar-refractivity contribution is -0.123. The van der Waals surface area contributed by atoms with Gasteiger partial charge in [0, 0.05) is 0 Å². The number of nitrogens with one attached hydrogen (secondary N) is 3. The highest BCUT2D eigenvalue weighted by atomic mass is 32.1. The first-order valence-corrected chi connectivity index (χ1v) is 10.3. The Kier molecular flexibility index (Phi) is 10.1. The second kappa shape index (κ2) is 13.1. The van der Waals surface area contributed by atoms with Crippen LogP contribution in [0.5, 0.6) is 17.2 Å². The number of unbranched alkanes of at least 4 members (excludes halogenated alkanes) is 2. The van der Waals surface area contributed by atoms with Crippen molar-refractivity contribution in [3.63, 3.8) is 0 Å². The van der Waals surface area contributed by atoms with E-state index in [-0.39, 0.29) is 11.7 Å². The van der Waals surface area contributed by atoms with E-state index >= 15 is 0 Å². The minimum absolute atomic E-state index is 0.0589. The lowest BCUT2D eigenvalue weighted by Gasteiger charge is -2.14. The van der Waals surface area contributed by atoms with Crippen molar-refractivity contribution in [3.05, 3.63) is 54.1 Å². The maximum atomic E-state index is 12.5. The van der Waals surface area contributed by atoms with Crippen LogP contribution in [0.1, 0.15) is 36.5 Å². The fraction of sp³-hybridized carbons (Fsp3) is 0.318. The highest BCUT2D eigenvalue weighted by molar-refractivity contribution is 7.80. The molecule has 0 fully saturated rings. The summed E-state index contributed by atoms with van der Waals surface area (Å²) < 4.78 is 16.3. The minimum Gasteiger partial charge on any atom is -0.493 e. The van der Waals surface area contributed by atoms with Crippen LogP contribution in [0.2, 0.25) is 0 Å². The number of benzene rings is 2. The number of carbonyl (C=O) groups excluding carboxylic acids is 2. The van der Waals surface area contributed by atoms with Gasteiger partial charge in [-0.15, -0.1) is 0 Å². The first-order chi connectivity index (χ1) is 15.0. The molecule has 0 saturated heterocycles. The number of ether oxygens (including phenoxy) is 3. The van der Waals surface area contributed by atoms with Crippen LogP contribution in [-0.4, -0.2) is 37.3 Å². The number of para-hydroxylation sites is 3. The molecule has 0 bridgehead atoms. The van der Waals surface area contributed by atoms with Crippen LogP contribution < -0.4 is 30.4 Å². The van der Waals surface area contributed by atoms with Crippen molar-refractivity contribution < 1.29 is 23.8 Å². The quantitative estimate of drug-likeness (QED) is 0.294. The van der Waals surface area contributed by atoms with Crippen LogP contribution in [0.3, 0.4) is 0 Å². The van der Waals surface area contributed by atoms with Crippen LogP contribution in [0.25, 0.3) is 0 Å². The third-order valence-corrected chi connectivity index (χ3v) is 4.31. The summed E-state index contributed by atoms with van der Waals surface area (Å²) in [4.78, 5) is 24.5. The molecule has 0 atom stereocenters. The van der Waals surface area contributed by atoms with E-state index < -0.39 is 11.8 Å². The molecule has 2 rings (SSSR count). The Morgan fingerprint density at radius 2 is 1.58 bits per heavy atom. The van der Waals surface area contributed by atoms with Crippen molar-refractivity contribution in [2.24, 2.45) is 0 Å². The molecule has 8 nitrogen and oxygen atoms in total. The molecule has 0 heterocycles. The van der Waals surface area contributed by atoms with E-state index in [1.165, 1.54) is 7.11 Å². The van der Waals surface area contributed by atoms with Crippen molar-refractivity contribution in [2.75, 3.05) is 20.3 Å². The Morgan fingerprint density at radius 3 is 2.29 bits per heavy atom. The number of hydrogen-bond donors (Lipinski definition) is 3. The van der Waals surface area contributed by atoms with Gasteiger partial charge >= 0.3 is 0 Å². The Hall–Kier alpha value is -3.33. The minimum atomic E-state index is -0.484. The normalized spacial score (nSPS) is 10.0. The Labute approximate surface area is 187 Å². The van der Waals surface area contributed by atoms with Gasteiger partial charge in [0.15, 0.2) is 23.2 Å². The van der Waals surface area contributed by atoms with E-state index in [0.29, 0.717) is 29.4 Å². The third-order valence-electron chi connectivity index (χ3n) is 4.11. The van der Waals surface area contributed by atoms with Crippen LogP contribution in [0.15, 0.2) is 48.5 Å². The summed E-state index contributed by atoms with van der Waals surface area (Å²) in [6.45, 7) is 2.38. The molecule has 0 saturated carbocycles. The molecule has 2 aromatic rings. The van der Waals surface area contributed by atoms with E-state index in [1.807, 2.05) is 0 Å². The molecule has 166 valence electrons. The zero-order valence-corrected chi connectivity index (χ0v) is 18.4. The van der Waals surface area contributed by atoms with Crippen LogP contribution in [0.4, 0.5) is 0 Å². The highest BCUT2D eigenvalue weighted by Crippen LogP contribution is 2.25. The first kappa shape index (κ1) is 23.9. The first-order valence-electron chi connectivity index (χ1n) is 9.93. The monoisotopic (exact) mass is 445 g/mol. The summed E-state index contributed by atoms with van der Waals surface area (Å²) in [5, 5.41) is 2.45. The van der Waals surface area contributed by atoms with Crippen molar-refractivity contribution in [2.45, 2.75) is 26.2 Å². The van der Waals surface area contributed by atoms with Gasteiger partial charge in [-0.1, -0.05) is 44.0 Å². The Bertz CT molecular complexity index is 891. The maximum absolute atomic E-state index is 12.5. The number of thiocarbonyl (C=S) groups is 1. The van der Waals surface area contributed by atoms with Gasteiger partial charge in [0.2, 0.25) is 0 Å². The summed E-state index contributed by atoms with van der Waals surface area (Å²) >= 11 is 5.07. The second-order valence-electron chi connectivity index (χ2n) is 6.45. The van der Waals surface area contributed by atoms with Crippen LogP contribution in [-0.2, 0) is 4.79 Å². The van der Waals surface area contributed by atoms with Crippen molar-refractivity contribution in [1.29, 1.82) is 0 Å². The largest absolute Gasteiger partial charge is 0.493 e. The van der Waals surface area contributed by atoms with Crippen molar-refractivity contribution >= 4 is 29.1 Å². The number of amides is 2. The molecule has 2 aromatic carbocycles. The van der Waals surface area contributed by atoms with Gasteiger partial charge in [-0.25, -0.2) is 0 Å². The molecule has 0 unspecified atom stereocenters. The topological polar surface area (TPSA) is 97.9 Å². The lowest BCUT2D eigenvalue weighted by Crippen LogP contribution is -2.49. The number of hydrogen-bond acceptors (Lipinski definition) is 6. The number of hydrazine groups is 1. The van der Waals surface area contributed by atoms with Crippen molar-refractivity contribution in [3.8, 4) is 17.2 Å². The van der Waals surface area contributed by atoms with Gasteiger partial charge < -0.3 is 14.2 Å². The molecular weight excluding hydrogens is 418 g/mol. The molecule has 0 aliphatic rings. The second-order valence-corrected chi connectivity index (χ2v) is 6.86. The molecule has 0 aliphatic heterocycles. The van der Waals surface area contributed by atoms with Crippen molar-refractivity contribution in [1.82, 2.24) is 16.2 Å². The number of methoxy groups -OCH3 is 1. The standard InChI is InChI=1S/C22H27N3O5S/c1-3-4-9-14-29-17-11-6-5-10-16(17)21(27)23-22(31)25-24-20(26)15-30-19-13-8-7-12-18(19)28-2/h5-8,10-13H,3-4,9,14-15H2,1-2H3,(H,24,26)(H2,23,25,27,31). The molecular formula is C22H27N3O5S. The SMILES string of the molecule is CCCCCOc1ccccc1C(=O)NC(=S)NNC(=O)COc1ccccc1OC.